The number of hydrogen-bond acceptors (Lipinski definition) is 3. The molecule has 0 radical (unpaired) electrons. The van der Waals surface area contributed by atoms with E-state index < -0.39 is 0 Å². The normalized spacial score (nSPS) is 12.8. The van der Waals surface area contributed by atoms with Crippen LogP contribution in [-0.2, 0) is 0 Å². The Kier molecular flexibility index (Phi) is 3.12. The summed E-state index contributed by atoms with van der Waals surface area (Å²) >= 11 is 12.0. The van der Waals surface area contributed by atoms with E-state index in [9.17, 15) is 0 Å². The quantitative estimate of drug-likeness (QED) is 0.777. The van der Waals surface area contributed by atoms with Gasteiger partial charge in [-0.05, 0) is 42.0 Å². The highest BCUT2D eigenvalue weighted by Gasteiger charge is 2.15. The Labute approximate surface area is 103 Å². The Morgan fingerprint density at radius 1 is 1.38 bits per heavy atom. The molecule has 1 aromatic heterocycles. The topological polar surface area (TPSA) is 43.6 Å². The number of tetrazole rings is 1. The van der Waals surface area contributed by atoms with E-state index in [2.05, 4.69) is 15.5 Å². The number of rotatable bonds is 2. The van der Waals surface area contributed by atoms with Gasteiger partial charge in [0.1, 0.15) is 0 Å². The SMILES string of the molecule is Cc1c(Cl)cccc1-n1nnnc1C(C)Cl. The number of alkyl halides is 1. The number of hydrogen-bond donors (Lipinski definition) is 0. The van der Waals surface area contributed by atoms with Gasteiger partial charge in [-0.15, -0.1) is 16.7 Å². The van der Waals surface area contributed by atoms with Gasteiger partial charge in [0.2, 0.25) is 0 Å². The predicted molar refractivity (Wildman–Crippen MR) is 63.2 cm³/mol. The van der Waals surface area contributed by atoms with Crippen LogP contribution in [0.2, 0.25) is 5.02 Å². The van der Waals surface area contributed by atoms with Gasteiger partial charge < -0.3 is 0 Å². The molecule has 1 unspecified atom stereocenters. The summed E-state index contributed by atoms with van der Waals surface area (Å²) in [5.74, 6) is 0.604. The van der Waals surface area contributed by atoms with Crippen molar-refractivity contribution in [2.24, 2.45) is 0 Å². The van der Waals surface area contributed by atoms with Gasteiger partial charge in [0.25, 0.3) is 0 Å². The lowest BCUT2D eigenvalue weighted by molar-refractivity contribution is 0.757. The van der Waals surface area contributed by atoms with Crippen molar-refractivity contribution >= 4 is 23.2 Å². The Balaban J connectivity index is 2.59. The fourth-order valence-electron chi connectivity index (χ4n) is 1.44. The van der Waals surface area contributed by atoms with Crippen molar-refractivity contribution in [2.75, 3.05) is 0 Å². The zero-order valence-electron chi connectivity index (χ0n) is 8.85. The highest BCUT2D eigenvalue weighted by atomic mass is 35.5. The second-order valence-electron chi connectivity index (χ2n) is 3.45. The summed E-state index contributed by atoms with van der Waals surface area (Å²) in [6, 6.07) is 5.59. The lowest BCUT2D eigenvalue weighted by Gasteiger charge is -2.09. The maximum Gasteiger partial charge on any atom is 0.174 e. The van der Waals surface area contributed by atoms with Crippen LogP contribution in [0, 0.1) is 6.92 Å². The third-order valence-electron chi connectivity index (χ3n) is 2.32. The molecule has 0 saturated heterocycles. The van der Waals surface area contributed by atoms with E-state index in [1.807, 2.05) is 32.0 Å². The van der Waals surface area contributed by atoms with Crippen molar-refractivity contribution < 1.29 is 0 Å². The number of benzene rings is 1. The monoisotopic (exact) mass is 256 g/mol. The van der Waals surface area contributed by atoms with Gasteiger partial charge in [0, 0.05) is 5.02 Å². The summed E-state index contributed by atoms with van der Waals surface area (Å²) in [5.41, 5.74) is 1.77. The van der Waals surface area contributed by atoms with Crippen LogP contribution in [0.3, 0.4) is 0 Å². The first kappa shape index (κ1) is 11.4. The van der Waals surface area contributed by atoms with Crippen LogP contribution in [0.1, 0.15) is 23.7 Å². The van der Waals surface area contributed by atoms with Gasteiger partial charge in [0.15, 0.2) is 5.82 Å². The zero-order valence-corrected chi connectivity index (χ0v) is 10.4. The molecule has 6 heteroatoms. The molecule has 2 aromatic rings. The molecule has 4 nitrogen and oxygen atoms in total. The molecule has 0 spiro atoms. The maximum atomic E-state index is 6.05. The van der Waals surface area contributed by atoms with Crippen molar-refractivity contribution in [2.45, 2.75) is 19.2 Å². The first-order valence-corrected chi connectivity index (χ1v) is 5.60. The minimum atomic E-state index is -0.256. The van der Waals surface area contributed by atoms with Crippen LogP contribution in [-0.4, -0.2) is 20.2 Å². The molecular formula is C10H10Cl2N4. The zero-order chi connectivity index (χ0) is 11.7. The molecule has 0 fully saturated rings. The third kappa shape index (κ3) is 1.90. The minimum absolute atomic E-state index is 0.256. The van der Waals surface area contributed by atoms with Crippen molar-refractivity contribution in [3.8, 4) is 5.69 Å². The Morgan fingerprint density at radius 2 is 2.12 bits per heavy atom. The van der Waals surface area contributed by atoms with E-state index in [0.717, 1.165) is 11.3 Å². The van der Waals surface area contributed by atoms with Crippen LogP contribution in [0.15, 0.2) is 18.2 Å². The number of aromatic nitrogens is 4. The van der Waals surface area contributed by atoms with Crippen molar-refractivity contribution in [1.82, 2.24) is 20.2 Å². The molecule has 0 N–H and O–H groups in total. The van der Waals surface area contributed by atoms with Crippen LogP contribution in [0.4, 0.5) is 0 Å². The van der Waals surface area contributed by atoms with Gasteiger partial charge in [-0.3, -0.25) is 0 Å². The van der Waals surface area contributed by atoms with Crippen molar-refractivity contribution in [1.29, 1.82) is 0 Å². The summed E-state index contributed by atoms with van der Waals surface area (Å²) < 4.78 is 1.61. The largest absolute Gasteiger partial charge is 0.195 e. The van der Waals surface area contributed by atoms with E-state index in [1.54, 1.807) is 4.68 Å². The highest BCUT2D eigenvalue weighted by molar-refractivity contribution is 6.31. The smallest absolute Gasteiger partial charge is 0.174 e. The van der Waals surface area contributed by atoms with E-state index >= 15 is 0 Å². The third-order valence-corrected chi connectivity index (χ3v) is 2.92. The molecule has 16 heavy (non-hydrogen) atoms. The average molecular weight is 257 g/mol. The molecule has 0 aliphatic carbocycles. The van der Waals surface area contributed by atoms with Gasteiger partial charge in [-0.2, -0.15) is 4.68 Å². The summed E-state index contributed by atoms with van der Waals surface area (Å²) in [6.07, 6.45) is 0. The molecule has 1 aromatic carbocycles. The van der Waals surface area contributed by atoms with Crippen LogP contribution < -0.4 is 0 Å². The molecule has 84 valence electrons. The van der Waals surface area contributed by atoms with Gasteiger partial charge in [-0.25, -0.2) is 0 Å². The summed E-state index contributed by atoms with van der Waals surface area (Å²) in [7, 11) is 0. The van der Waals surface area contributed by atoms with Crippen molar-refractivity contribution in [3.63, 3.8) is 0 Å². The molecule has 0 amide bonds. The Morgan fingerprint density at radius 3 is 2.81 bits per heavy atom. The van der Waals surface area contributed by atoms with Gasteiger partial charge >= 0.3 is 0 Å². The van der Waals surface area contributed by atoms with Crippen LogP contribution in [0.5, 0.6) is 0 Å². The fourth-order valence-corrected chi connectivity index (χ4v) is 1.74. The first-order chi connectivity index (χ1) is 7.61. The minimum Gasteiger partial charge on any atom is -0.195 e. The first-order valence-electron chi connectivity index (χ1n) is 4.79. The molecule has 0 aliphatic heterocycles. The molecular weight excluding hydrogens is 247 g/mol. The maximum absolute atomic E-state index is 6.05. The van der Waals surface area contributed by atoms with Gasteiger partial charge in [-0.1, -0.05) is 17.7 Å². The molecule has 0 saturated carbocycles. The number of halogens is 2. The molecule has 2 rings (SSSR count). The summed E-state index contributed by atoms with van der Waals surface area (Å²) in [6.45, 7) is 3.74. The molecule has 0 aliphatic rings. The Bertz CT molecular complexity index is 507. The Hall–Kier alpha value is -1.13. The average Bonchev–Trinajstić information content (AvgIpc) is 2.70. The summed E-state index contributed by atoms with van der Waals surface area (Å²) in [4.78, 5) is 0. The summed E-state index contributed by atoms with van der Waals surface area (Å²) in [5, 5.41) is 11.9. The second kappa shape index (κ2) is 4.39. The predicted octanol–water partition coefficient (Wildman–Crippen LogP) is 2.92. The fraction of sp³-hybridized carbons (Fsp3) is 0.300. The lowest BCUT2D eigenvalue weighted by Crippen LogP contribution is -2.05. The van der Waals surface area contributed by atoms with E-state index in [-0.39, 0.29) is 5.38 Å². The molecule has 1 atom stereocenters. The van der Waals surface area contributed by atoms with Crippen LogP contribution in [0.25, 0.3) is 5.69 Å². The van der Waals surface area contributed by atoms with E-state index in [1.165, 1.54) is 0 Å². The van der Waals surface area contributed by atoms with Gasteiger partial charge in [0.05, 0.1) is 11.1 Å². The van der Waals surface area contributed by atoms with E-state index in [4.69, 9.17) is 23.2 Å². The molecule has 0 bridgehead atoms. The standard InChI is InChI=1S/C10H10Cl2N4/c1-6-8(12)4-3-5-9(6)16-10(7(2)11)13-14-15-16/h3-5,7H,1-2H3. The second-order valence-corrected chi connectivity index (χ2v) is 4.51. The highest BCUT2D eigenvalue weighted by Crippen LogP contribution is 2.25. The lowest BCUT2D eigenvalue weighted by atomic mass is 10.2. The number of nitrogens with zero attached hydrogens (tertiary/aromatic N) is 4. The van der Waals surface area contributed by atoms with Crippen molar-refractivity contribution in [3.05, 3.63) is 34.6 Å². The molecule has 1 heterocycles. The van der Waals surface area contributed by atoms with Crippen LogP contribution >= 0.6 is 23.2 Å². The van der Waals surface area contributed by atoms with E-state index in [0.29, 0.717) is 10.8 Å².